The second kappa shape index (κ2) is 6.52. The molecule has 5 heteroatoms. The summed E-state index contributed by atoms with van der Waals surface area (Å²) < 4.78 is 0. The van der Waals surface area contributed by atoms with Crippen molar-refractivity contribution >= 4 is 11.7 Å². The van der Waals surface area contributed by atoms with Crippen LogP contribution in [-0.4, -0.2) is 34.2 Å². The molecule has 0 spiro atoms. The molecule has 0 atom stereocenters. The molecule has 1 amide bonds. The number of carbonyl (C=O) groups excluding carboxylic acids is 2. The molecule has 1 aromatic heterocycles. The number of rotatable bonds is 4. The van der Waals surface area contributed by atoms with Gasteiger partial charge in [-0.3, -0.25) is 14.4 Å². The largest absolute Gasteiger partial charge is 0.332 e. The first kappa shape index (κ1) is 15.7. The Kier molecular flexibility index (Phi) is 4.46. The number of hydrogen-bond donors (Lipinski definition) is 1. The van der Waals surface area contributed by atoms with Gasteiger partial charge in [-0.2, -0.15) is 0 Å². The van der Waals surface area contributed by atoms with E-state index in [1.807, 2.05) is 0 Å². The second-order valence-corrected chi connectivity index (χ2v) is 6.37. The summed E-state index contributed by atoms with van der Waals surface area (Å²) in [5.41, 5.74) is 0.853. The van der Waals surface area contributed by atoms with Crippen molar-refractivity contribution in [3.8, 4) is 0 Å². The van der Waals surface area contributed by atoms with Gasteiger partial charge in [0.2, 0.25) is 0 Å². The average Bonchev–Trinajstić information content (AvgIpc) is 3.06. The number of aromatic nitrogens is 1. The summed E-state index contributed by atoms with van der Waals surface area (Å²) in [6, 6.07) is 1.66. The van der Waals surface area contributed by atoms with Crippen LogP contribution < -0.4 is 5.56 Å². The van der Waals surface area contributed by atoms with Gasteiger partial charge in [-0.15, -0.1) is 6.58 Å². The third-order valence-corrected chi connectivity index (χ3v) is 4.84. The fraction of sp³-hybridized carbons (Fsp3) is 0.500. The number of nitrogens with one attached hydrogen (secondary N) is 1. The standard InChI is InChI=1S/C18H22N2O3/c1-2-10-20(12-6-3-4-7-12)18(23)14-11-13-15(19-17(14)22)8-5-9-16(13)21/h2,11-12H,1,3-10H2,(H,19,22). The molecule has 2 aliphatic carbocycles. The minimum absolute atomic E-state index is 0.00712. The maximum absolute atomic E-state index is 12.9. The Morgan fingerprint density at radius 2 is 2.00 bits per heavy atom. The zero-order valence-corrected chi connectivity index (χ0v) is 13.3. The molecule has 1 aromatic rings. The number of H-pyrrole nitrogens is 1. The molecule has 1 saturated carbocycles. The first-order chi connectivity index (χ1) is 11.1. The number of carbonyl (C=O) groups is 2. The number of aromatic amines is 1. The molecule has 0 radical (unpaired) electrons. The lowest BCUT2D eigenvalue weighted by Crippen LogP contribution is -2.41. The fourth-order valence-corrected chi connectivity index (χ4v) is 3.64. The van der Waals surface area contributed by atoms with E-state index in [0.717, 1.165) is 32.1 Å². The normalized spacial score (nSPS) is 17.8. The van der Waals surface area contributed by atoms with Crippen LogP contribution in [0.4, 0.5) is 0 Å². The third kappa shape index (κ3) is 3.00. The van der Waals surface area contributed by atoms with Gasteiger partial charge in [-0.25, -0.2) is 0 Å². The fourth-order valence-electron chi connectivity index (χ4n) is 3.64. The molecular weight excluding hydrogens is 292 g/mol. The molecule has 1 fully saturated rings. The van der Waals surface area contributed by atoms with Crippen LogP contribution in [0.5, 0.6) is 0 Å². The zero-order chi connectivity index (χ0) is 16.4. The number of nitrogens with zero attached hydrogens (tertiary/aromatic N) is 1. The second-order valence-electron chi connectivity index (χ2n) is 6.37. The van der Waals surface area contributed by atoms with Crippen LogP contribution in [0.25, 0.3) is 0 Å². The van der Waals surface area contributed by atoms with E-state index in [2.05, 4.69) is 11.6 Å². The van der Waals surface area contributed by atoms with Crippen molar-refractivity contribution in [2.45, 2.75) is 51.0 Å². The first-order valence-corrected chi connectivity index (χ1v) is 8.33. The molecule has 23 heavy (non-hydrogen) atoms. The number of fused-ring (bicyclic) bond motifs is 1. The summed E-state index contributed by atoms with van der Waals surface area (Å²) in [5, 5.41) is 0. The number of pyridine rings is 1. The number of aryl methyl sites for hydroxylation is 1. The van der Waals surface area contributed by atoms with Gasteiger partial charge < -0.3 is 9.88 Å². The Bertz CT molecular complexity index is 699. The van der Waals surface area contributed by atoms with Crippen LogP contribution in [0.2, 0.25) is 0 Å². The molecule has 0 saturated heterocycles. The van der Waals surface area contributed by atoms with Crippen molar-refractivity contribution in [1.82, 2.24) is 9.88 Å². The molecule has 0 aliphatic heterocycles. The predicted molar refractivity (Wildman–Crippen MR) is 87.8 cm³/mol. The van der Waals surface area contributed by atoms with Crippen LogP contribution in [0, 0.1) is 0 Å². The minimum Gasteiger partial charge on any atom is -0.332 e. The van der Waals surface area contributed by atoms with E-state index < -0.39 is 5.56 Å². The summed E-state index contributed by atoms with van der Waals surface area (Å²) >= 11 is 0. The van der Waals surface area contributed by atoms with Crippen molar-refractivity contribution < 1.29 is 9.59 Å². The third-order valence-electron chi connectivity index (χ3n) is 4.84. The van der Waals surface area contributed by atoms with Gasteiger partial charge in [0, 0.05) is 30.3 Å². The van der Waals surface area contributed by atoms with Gasteiger partial charge in [-0.1, -0.05) is 18.9 Å². The lowest BCUT2D eigenvalue weighted by atomic mass is 9.93. The van der Waals surface area contributed by atoms with Crippen molar-refractivity contribution in [1.29, 1.82) is 0 Å². The summed E-state index contributed by atoms with van der Waals surface area (Å²) in [4.78, 5) is 41.7. The predicted octanol–water partition coefficient (Wildman–Crippen LogP) is 2.46. The smallest absolute Gasteiger partial charge is 0.261 e. The maximum Gasteiger partial charge on any atom is 0.261 e. The minimum atomic E-state index is -0.393. The Labute approximate surface area is 135 Å². The maximum atomic E-state index is 12.9. The van der Waals surface area contributed by atoms with Crippen molar-refractivity contribution in [3.63, 3.8) is 0 Å². The quantitative estimate of drug-likeness (QED) is 0.868. The van der Waals surface area contributed by atoms with Gasteiger partial charge in [0.05, 0.1) is 0 Å². The van der Waals surface area contributed by atoms with E-state index in [4.69, 9.17) is 0 Å². The van der Waals surface area contributed by atoms with Crippen LogP contribution in [0.15, 0.2) is 23.5 Å². The number of ketones is 1. The van der Waals surface area contributed by atoms with Crippen LogP contribution in [0.3, 0.4) is 0 Å². The molecule has 5 nitrogen and oxygen atoms in total. The number of amides is 1. The Balaban J connectivity index is 1.97. The molecular formula is C18H22N2O3. The van der Waals surface area contributed by atoms with Crippen molar-refractivity contribution in [2.24, 2.45) is 0 Å². The highest BCUT2D eigenvalue weighted by Gasteiger charge is 2.29. The Hall–Kier alpha value is -2.17. The average molecular weight is 314 g/mol. The summed E-state index contributed by atoms with van der Waals surface area (Å²) in [5.74, 6) is -0.285. The van der Waals surface area contributed by atoms with Gasteiger partial charge >= 0.3 is 0 Å². The van der Waals surface area contributed by atoms with Gasteiger partial charge in [0.1, 0.15) is 5.56 Å². The number of Topliss-reactive ketones (excluding diaryl/α,β-unsaturated/α-hetero) is 1. The van der Waals surface area contributed by atoms with Crippen LogP contribution in [-0.2, 0) is 6.42 Å². The van der Waals surface area contributed by atoms with Crippen molar-refractivity contribution in [3.05, 3.63) is 45.9 Å². The summed E-state index contributed by atoms with van der Waals surface area (Å²) in [7, 11) is 0. The zero-order valence-electron chi connectivity index (χ0n) is 13.3. The Morgan fingerprint density at radius 1 is 1.26 bits per heavy atom. The van der Waals surface area contributed by atoms with Gasteiger partial charge in [-0.05, 0) is 31.7 Å². The SMILES string of the molecule is C=CCN(C(=O)c1cc2c([nH]c1=O)CCCC2=O)C1CCCC1. The molecule has 0 bridgehead atoms. The van der Waals surface area contributed by atoms with Crippen molar-refractivity contribution in [2.75, 3.05) is 6.54 Å². The lowest BCUT2D eigenvalue weighted by Gasteiger charge is -2.28. The highest BCUT2D eigenvalue weighted by atomic mass is 16.2. The monoisotopic (exact) mass is 314 g/mol. The van der Waals surface area contributed by atoms with E-state index in [9.17, 15) is 14.4 Å². The lowest BCUT2D eigenvalue weighted by molar-refractivity contribution is 0.0704. The highest BCUT2D eigenvalue weighted by Crippen LogP contribution is 2.25. The molecule has 2 aliphatic rings. The first-order valence-electron chi connectivity index (χ1n) is 8.33. The number of hydrogen-bond acceptors (Lipinski definition) is 3. The molecule has 1 N–H and O–H groups in total. The van der Waals surface area contributed by atoms with E-state index in [-0.39, 0.29) is 23.3 Å². The summed E-state index contributed by atoms with van der Waals surface area (Å²) in [6.45, 7) is 4.14. The van der Waals surface area contributed by atoms with Gasteiger partial charge in [0.15, 0.2) is 5.78 Å². The highest BCUT2D eigenvalue weighted by molar-refractivity contribution is 6.01. The Morgan fingerprint density at radius 3 is 2.70 bits per heavy atom. The van der Waals surface area contributed by atoms with E-state index in [1.54, 1.807) is 11.0 Å². The topological polar surface area (TPSA) is 70.2 Å². The molecule has 0 aromatic carbocycles. The molecule has 3 rings (SSSR count). The molecule has 0 unspecified atom stereocenters. The molecule has 1 heterocycles. The van der Waals surface area contributed by atoms with E-state index in [1.165, 1.54) is 6.07 Å². The van der Waals surface area contributed by atoms with E-state index >= 15 is 0 Å². The van der Waals surface area contributed by atoms with Crippen LogP contribution >= 0.6 is 0 Å². The van der Waals surface area contributed by atoms with Gasteiger partial charge in [0.25, 0.3) is 11.5 Å². The van der Waals surface area contributed by atoms with Crippen LogP contribution in [0.1, 0.15) is 64.9 Å². The van der Waals surface area contributed by atoms with E-state index in [0.29, 0.717) is 30.6 Å². The molecule has 122 valence electrons. The summed E-state index contributed by atoms with van der Waals surface area (Å²) in [6.07, 6.45) is 7.72.